The Morgan fingerprint density at radius 1 is 1.10 bits per heavy atom. The second-order valence-electron chi connectivity index (χ2n) is 7.31. The van der Waals surface area contributed by atoms with Crippen molar-refractivity contribution >= 4 is 17.5 Å². The van der Waals surface area contributed by atoms with E-state index in [1.54, 1.807) is 0 Å². The molecule has 2 amide bonds. The van der Waals surface area contributed by atoms with Crippen molar-refractivity contribution in [3.05, 3.63) is 41.2 Å². The Hall–Kier alpha value is -3.03. The van der Waals surface area contributed by atoms with Crippen LogP contribution >= 0.6 is 0 Å². The topological polar surface area (TPSA) is 58.2 Å². The lowest BCUT2D eigenvalue weighted by atomic mass is 9.83. The van der Waals surface area contributed by atoms with Gasteiger partial charge in [-0.25, -0.2) is 4.39 Å². The normalized spacial score (nSPS) is 26.6. The Bertz CT molecular complexity index is 975. The maximum atomic E-state index is 13.5. The fraction of sp³-hybridized carbons (Fsp3) is 0.400. The SMILES string of the molecule is C#CC=C1C2CCC1C(C(=O)Nc1ccc(F)c(C(F)(F)F)c1)C2NC(=O)C(F)(F)F. The van der Waals surface area contributed by atoms with E-state index in [0.29, 0.717) is 30.5 Å². The standard InChI is InChI=1S/C20H15F7N2O2/c1-2-3-10-11-5-6-12(10)16(29-18(31)20(25,26)27)15(11)17(30)28-9-4-7-14(21)13(8-9)19(22,23)24/h1,3-4,7-8,11-12,15-16H,5-6H2,(H,28,30)(H,29,31). The van der Waals surface area contributed by atoms with Crippen LogP contribution in [0.15, 0.2) is 29.8 Å². The number of fused-ring (bicyclic) bond motifs is 2. The van der Waals surface area contributed by atoms with Gasteiger partial charge in [-0.2, -0.15) is 26.3 Å². The summed E-state index contributed by atoms with van der Waals surface area (Å²) in [6, 6.07) is 0.570. The molecule has 4 atom stereocenters. The summed E-state index contributed by atoms with van der Waals surface area (Å²) < 4.78 is 90.5. The Labute approximate surface area is 171 Å². The van der Waals surface area contributed by atoms with E-state index >= 15 is 0 Å². The molecular weight excluding hydrogens is 433 g/mol. The first-order valence-electron chi connectivity index (χ1n) is 9.06. The van der Waals surface area contributed by atoms with Gasteiger partial charge in [0.25, 0.3) is 0 Å². The highest BCUT2D eigenvalue weighted by Crippen LogP contribution is 2.53. The Morgan fingerprint density at radius 3 is 2.32 bits per heavy atom. The number of allylic oxidation sites excluding steroid dienone is 1. The second-order valence-corrected chi connectivity index (χ2v) is 7.31. The van der Waals surface area contributed by atoms with Crippen LogP contribution in [0, 0.1) is 35.9 Å². The highest BCUT2D eigenvalue weighted by atomic mass is 19.4. The molecule has 4 unspecified atom stereocenters. The van der Waals surface area contributed by atoms with E-state index in [-0.39, 0.29) is 5.69 Å². The van der Waals surface area contributed by atoms with Crippen molar-refractivity contribution in [1.82, 2.24) is 5.32 Å². The van der Waals surface area contributed by atoms with Crippen molar-refractivity contribution in [3.8, 4) is 12.3 Å². The molecular formula is C20H15F7N2O2. The summed E-state index contributed by atoms with van der Waals surface area (Å²) in [4.78, 5) is 24.3. The van der Waals surface area contributed by atoms with E-state index in [2.05, 4.69) is 11.2 Å². The molecule has 4 nitrogen and oxygen atoms in total. The zero-order valence-corrected chi connectivity index (χ0v) is 15.6. The number of hydrogen-bond acceptors (Lipinski definition) is 2. The van der Waals surface area contributed by atoms with Gasteiger partial charge in [0.1, 0.15) is 5.82 Å². The van der Waals surface area contributed by atoms with Crippen LogP contribution in [-0.2, 0) is 15.8 Å². The van der Waals surface area contributed by atoms with E-state index in [0.717, 1.165) is 6.07 Å². The van der Waals surface area contributed by atoms with Gasteiger partial charge in [0.2, 0.25) is 5.91 Å². The van der Waals surface area contributed by atoms with Crippen LogP contribution in [-0.4, -0.2) is 24.0 Å². The van der Waals surface area contributed by atoms with Crippen LogP contribution < -0.4 is 10.6 Å². The quantitative estimate of drug-likeness (QED) is 0.542. The third-order valence-electron chi connectivity index (χ3n) is 5.55. The third-order valence-corrected chi connectivity index (χ3v) is 5.55. The second kappa shape index (κ2) is 7.90. The Kier molecular flexibility index (Phi) is 5.78. The van der Waals surface area contributed by atoms with E-state index < -0.39 is 59.3 Å². The molecule has 2 fully saturated rings. The van der Waals surface area contributed by atoms with Crippen LogP contribution in [0.2, 0.25) is 0 Å². The molecule has 1 aromatic carbocycles. The van der Waals surface area contributed by atoms with E-state index in [1.165, 1.54) is 6.08 Å². The molecule has 0 aromatic heterocycles. The van der Waals surface area contributed by atoms with Crippen LogP contribution in [0.1, 0.15) is 18.4 Å². The zero-order chi connectivity index (χ0) is 23.1. The summed E-state index contributed by atoms with van der Waals surface area (Å²) in [5.74, 6) is -4.80. The highest BCUT2D eigenvalue weighted by Gasteiger charge is 2.56. The molecule has 0 spiro atoms. The van der Waals surface area contributed by atoms with Gasteiger partial charge in [0.05, 0.1) is 11.5 Å². The first-order chi connectivity index (χ1) is 14.3. The first kappa shape index (κ1) is 22.7. The van der Waals surface area contributed by atoms with E-state index in [1.807, 2.05) is 5.32 Å². The Balaban J connectivity index is 1.90. The molecule has 0 radical (unpaired) electrons. The number of carbonyl (C=O) groups is 2. The molecule has 0 heterocycles. The summed E-state index contributed by atoms with van der Waals surface area (Å²) in [6.07, 6.45) is -2.80. The van der Waals surface area contributed by atoms with Crippen LogP contribution in [0.5, 0.6) is 0 Å². The molecule has 1 aromatic rings. The number of amides is 2. The molecule has 2 bridgehead atoms. The number of nitrogens with one attached hydrogen (secondary N) is 2. The minimum atomic E-state index is -5.18. The highest BCUT2D eigenvalue weighted by molar-refractivity contribution is 5.95. The number of benzene rings is 1. The lowest BCUT2D eigenvalue weighted by Crippen LogP contribution is -2.51. The van der Waals surface area contributed by atoms with Crippen LogP contribution in [0.3, 0.4) is 0 Å². The molecule has 11 heteroatoms. The van der Waals surface area contributed by atoms with Gasteiger partial charge >= 0.3 is 18.3 Å². The number of terminal acetylenes is 1. The number of anilines is 1. The molecule has 3 rings (SSSR count). The molecule has 0 aliphatic heterocycles. The summed E-state index contributed by atoms with van der Waals surface area (Å²) >= 11 is 0. The fourth-order valence-electron chi connectivity index (χ4n) is 4.37. The maximum Gasteiger partial charge on any atom is 0.471 e. The summed E-state index contributed by atoms with van der Waals surface area (Å²) in [7, 11) is 0. The van der Waals surface area contributed by atoms with Gasteiger partial charge in [-0.3, -0.25) is 9.59 Å². The van der Waals surface area contributed by atoms with Crippen molar-refractivity contribution in [2.75, 3.05) is 5.32 Å². The van der Waals surface area contributed by atoms with Crippen LogP contribution in [0.4, 0.5) is 36.4 Å². The number of carbonyl (C=O) groups excluding carboxylic acids is 2. The first-order valence-corrected chi connectivity index (χ1v) is 9.06. The smallest absolute Gasteiger partial charge is 0.344 e. The minimum absolute atomic E-state index is 0.384. The van der Waals surface area contributed by atoms with Crippen LogP contribution in [0.25, 0.3) is 0 Å². The number of rotatable bonds is 3. The summed E-state index contributed by atoms with van der Waals surface area (Å²) in [6.45, 7) is 0. The predicted molar refractivity (Wildman–Crippen MR) is 94.6 cm³/mol. The fourth-order valence-corrected chi connectivity index (χ4v) is 4.37. The van der Waals surface area contributed by atoms with E-state index in [4.69, 9.17) is 6.42 Å². The van der Waals surface area contributed by atoms with Gasteiger partial charge in [-0.15, -0.1) is 6.42 Å². The van der Waals surface area contributed by atoms with Gasteiger partial charge in [-0.1, -0.05) is 11.5 Å². The molecule has 2 saturated carbocycles. The number of hydrogen-bond donors (Lipinski definition) is 2. The number of halogens is 7. The molecule has 31 heavy (non-hydrogen) atoms. The average molecular weight is 448 g/mol. The molecule has 2 aliphatic rings. The summed E-state index contributed by atoms with van der Waals surface area (Å²) in [5.41, 5.74) is -1.46. The van der Waals surface area contributed by atoms with Gasteiger partial charge in [0.15, 0.2) is 0 Å². The monoisotopic (exact) mass is 448 g/mol. The molecule has 2 aliphatic carbocycles. The van der Waals surface area contributed by atoms with Crippen molar-refractivity contribution < 1.29 is 40.3 Å². The largest absolute Gasteiger partial charge is 0.471 e. The van der Waals surface area contributed by atoms with Crippen molar-refractivity contribution in [1.29, 1.82) is 0 Å². The van der Waals surface area contributed by atoms with Gasteiger partial charge in [-0.05, 0) is 43.0 Å². The minimum Gasteiger partial charge on any atom is -0.344 e. The number of alkyl halides is 6. The molecule has 2 N–H and O–H groups in total. The van der Waals surface area contributed by atoms with Crippen molar-refractivity contribution in [3.63, 3.8) is 0 Å². The van der Waals surface area contributed by atoms with Crippen molar-refractivity contribution in [2.24, 2.45) is 17.8 Å². The lowest BCUT2D eigenvalue weighted by molar-refractivity contribution is -0.175. The zero-order valence-electron chi connectivity index (χ0n) is 15.6. The lowest BCUT2D eigenvalue weighted by Gasteiger charge is -2.30. The molecule has 166 valence electrons. The average Bonchev–Trinajstić information content (AvgIpc) is 3.17. The van der Waals surface area contributed by atoms with Gasteiger partial charge < -0.3 is 10.6 Å². The molecule has 0 saturated heterocycles. The maximum absolute atomic E-state index is 13.5. The third kappa shape index (κ3) is 4.38. The predicted octanol–water partition coefficient (Wildman–Crippen LogP) is 4.05. The Morgan fingerprint density at radius 2 is 1.74 bits per heavy atom. The summed E-state index contributed by atoms with van der Waals surface area (Å²) in [5, 5.41) is 4.02. The van der Waals surface area contributed by atoms with Crippen molar-refractivity contribution in [2.45, 2.75) is 31.2 Å². The van der Waals surface area contributed by atoms with Gasteiger partial charge in [0, 0.05) is 17.6 Å². The van der Waals surface area contributed by atoms with E-state index in [9.17, 15) is 40.3 Å².